The van der Waals surface area contributed by atoms with E-state index in [-0.39, 0.29) is 5.91 Å². The zero-order chi connectivity index (χ0) is 16.5. The first-order valence-electron chi connectivity index (χ1n) is 8.28. The molecule has 2 aromatic rings. The molecule has 1 N–H and O–H groups in total. The van der Waals surface area contributed by atoms with Gasteiger partial charge in [-0.25, -0.2) is 4.68 Å². The summed E-state index contributed by atoms with van der Waals surface area (Å²) in [5, 5.41) is 7.79. The monoisotopic (exact) mass is 377 g/mol. The third kappa shape index (κ3) is 3.90. The van der Waals surface area contributed by atoms with Crippen molar-refractivity contribution in [3.05, 3.63) is 34.3 Å². The second kappa shape index (κ2) is 6.98. The lowest BCUT2D eigenvalue weighted by atomic mass is 10.1. The van der Waals surface area contributed by atoms with Crippen LogP contribution in [0.15, 0.2) is 34.7 Å². The van der Waals surface area contributed by atoms with Crippen LogP contribution in [0.5, 0.6) is 0 Å². The normalized spacial score (nSPS) is 17.2. The van der Waals surface area contributed by atoms with Crippen molar-refractivity contribution in [1.82, 2.24) is 15.1 Å². The van der Waals surface area contributed by atoms with E-state index in [4.69, 9.17) is 12.2 Å². The third-order valence-electron chi connectivity index (χ3n) is 4.44. The lowest BCUT2D eigenvalue weighted by molar-refractivity contribution is -0.119. The molecule has 0 atom stereocenters. The van der Waals surface area contributed by atoms with Crippen LogP contribution in [0.3, 0.4) is 0 Å². The van der Waals surface area contributed by atoms with Crippen molar-refractivity contribution < 1.29 is 4.79 Å². The molecule has 1 heterocycles. The molecule has 4 nitrogen and oxygen atoms in total. The lowest BCUT2D eigenvalue weighted by Crippen LogP contribution is -2.39. The molecule has 0 aliphatic heterocycles. The highest BCUT2D eigenvalue weighted by Gasteiger charge is 2.42. The smallest absolute Gasteiger partial charge is 0.230 e. The molecule has 0 spiro atoms. The van der Waals surface area contributed by atoms with Crippen LogP contribution in [-0.2, 0) is 4.79 Å². The summed E-state index contributed by atoms with van der Waals surface area (Å²) in [5.41, 5.74) is 0.956. The van der Waals surface area contributed by atoms with Crippen molar-refractivity contribution in [2.75, 3.05) is 5.75 Å². The molecule has 2 saturated carbocycles. The van der Waals surface area contributed by atoms with Crippen molar-refractivity contribution in [3.63, 3.8) is 0 Å². The summed E-state index contributed by atoms with van der Waals surface area (Å²) in [6.45, 7) is 0. The number of hydrogen-bond donors (Lipinski definition) is 1. The molecule has 1 aromatic heterocycles. The number of benzene rings is 1. The number of carbonyl (C=O) groups excluding carboxylic acids is 1. The van der Waals surface area contributed by atoms with Crippen LogP contribution in [0.1, 0.15) is 25.7 Å². The van der Waals surface area contributed by atoms with Crippen molar-refractivity contribution in [2.45, 2.75) is 36.1 Å². The van der Waals surface area contributed by atoms with Gasteiger partial charge in [-0.1, -0.05) is 41.3 Å². The molecule has 2 aliphatic carbocycles. The van der Waals surface area contributed by atoms with Crippen molar-refractivity contribution in [1.29, 1.82) is 0 Å². The molecule has 0 unspecified atom stereocenters. The van der Waals surface area contributed by atoms with Gasteiger partial charge in [0.15, 0.2) is 8.29 Å². The van der Waals surface area contributed by atoms with Gasteiger partial charge in [-0.3, -0.25) is 4.79 Å². The van der Waals surface area contributed by atoms with E-state index in [1.165, 1.54) is 48.8 Å². The molecule has 4 rings (SSSR count). The van der Waals surface area contributed by atoms with Gasteiger partial charge in [0.25, 0.3) is 0 Å². The second-order valence-corrected chi connectivity index (χ2v) is 9.28. The number of rotatable bonds is 7. The van der Waals surface area contributed by atoms with E-state index in [2.05, 4.69) is 10.4 Å². The highest BCUT2D eigenvalue weighted by atomic mass is 32.2. The van der Waals surface area contributed by atoms with Crippen LogP contribution in [0, 0.1) is 15.8 Å². The number of nitrogens with one attached hydrogen (secondary N) is 1. The molecule has 126 valence electrons. The standard InChI is InChI=1S/C17H19N3OS3/c21-14(18-15(11-6-7-11)12-8-9-12)10-23-16-19-20(17(22)24-16)13-4-2-1-3-5-13/h1-5,11-12,15H,6-10H2,(H,18,21). The van der Waals surface area contributed by atoms with Crippen molar-refractivity contribution in [2.24, 2.45) is 11.8 Å². The minimum Gasteiger partial charge on any atom is -0.352 e. The van der Waals surface area contributed by atoms with Gasteiger partial charge in [-0.15, -0.1) is 5.10 Å². The number of para-hydroxylation sites is 1. The highest BCUT2D eigenvalue weighted by molar-refractivity contribution is 8.01. The van der Waals surface area contributed by atoms with Gasteiger partial charge in [0.1, 0.15) is 0 Å². The average Bonchev–Trinajstić information content (AvgIpc) is 3.50. The third-order valence-corrected chi connectivity index (χ3v) is 6.81. The van der Waals surface area contributed by atoms with Crippen LogP contribution in [-0.4, -0.2) is 27.5 Å². The Labute approximate surface area is 154 Å². The summed E-state index contributed by atoms with van der Waals surface area (Å²) in [4.78, 5) is 12.3. The van der Waals surface area contributed by atoms with E-state index in [1.807, 2.05) is 30.3 Å². The first-order chi connectivity index (χ1) is 11.7. The molecule has 1 aromatic carbocycles. The summed E-state index contributed by atoms with van der Waals surface area (Å²) in [6.07, 6.45) is 5.10. The Morgan fingerprint density at radius 1 is 1.29 bits per heavy atom. The Morgan fingerprint density at radius 2 is 1.96 bits per heavy atom. The Bertz CT molecular complexity index is 766. The van der Waals surface area contributed by atoms with E-state index < -0.39 is 0 Å². The summed E-state index contributed by atoms with van der Waals surface area (Å²) >= 11 is 8.32. The molecule has 0 bridgehead atoms. The van der Waals surface area contributed by atoms with Crippen LogP contribution in [0.4, 0.5) is 0 Å². The number of aromatic nitrogens is 2. The van der Waals surface area contributed by atoms with E-state index in [0.29, 0.717) is 15.7 Å². The van der Waals surface area contributed by atoms with Gasteiger partial charge < -0.3 is 5.32 Å². The van der Waals surface area contributed by atoms with E-state index >= 15 is 0 Å². The molecule has 0 radical (unpaired) electrons. The average molecular weight is 378 g/mol. The van der Waals surface area contributed by atoms with E-state index in [1.54, 1.807) is 4.68 Å². The minimum absolute atomic E-state index is 0.121. The Hall–Kier alpha value is -1.18. The van der Waals surface area contributed by atoms with Gasteiger partial charge in [0, 0.05) is 6.04 Å². The Kier molecular flexibility index (Phi) is 4.74. The van der Waals surface area contributed by atoms with E-state index in [0.717, 1.165) is 21.9 Å². The van der Waals surface area contributed by atoms with Crippen LogP contribution < -0.4 is 5.32 Å². The predicted molar refractivity (Wildman–Crippen MR) is 100 cm³/mol. The second-order valence-electron chi connectivity index (χ2n) is 6.44. The summed E-state index contributed by atoms with van der Waals surface area (Å²) < 4.78 is 3.31. The van der Waals surface area contributed by atoms with E-state index in [9.17, 15) is 4.79 Å². The largest absolute Gasteiger partial charge is 0.352 e. The first-order valence-corrected chi connectivity index (χ1v) is 10.5. The van der Waals surface area contributed by atoms with Gasteiger partial charge in [-0.05, 0) is 61.9 Å². The summed E-state index contributed by atoms with van der Waals surface area (Å²) in [7, 11) is 0. The summed E-state index contributed by atoms with van der Waals surface area (Å²) in [5.74, 6) is 1.99. The maximum Gasteiger partial charge on any atom is 0.230 e. The fourth-order valence-electron chi connectivity index (χ4n) is 2.94. The number of hydrogen-bond acceptors (Lipinski definition) is 5. The van der Waals surface area contributed by atoms with Gasteiger partial charge >= 0.3 is 0 Å². The molecule has 2 fully saturated rings. The Balaban J connectivity index is 1.36. The number of amides is 1. The number of nitrogens with zero attached hydrogens (tertiary/aromatic N) is 2. The summed E-state index contributed by atoms with van der Waals surface area (Å²) in [6, 6.07) is 10.3. The molecule has 2 aliphatic rings. The van der Waals surface area contributed by atoms with Gasteiger partial charge in [0.05, 0.1) is 11.4 Å². The zero-order valence-electron chi connectivity index (χ0n) is 13.2. The topological polar surface area (TPSA) is 46.9 Å². The van der Waals surface area contributed by atoms with Crippen LogP contribution in [0.2, 0.25) is 0 Å². The zero-order valence-corrected chi connectivity index (χ0v) is 15.6. The molecule has 0 saturated heterocycles. The van der Waals surface area contributed by atoms with Crippen LogP contribution >= 0.6 is 35.3 Å². The number of carbonyl (C=O) groups is 1. The lowest BCUT2D eigenvalue weighted by Gasteiger charge is -2.17. The first kappa shape index (κ1) is 16.3. The van der Waals surface area contributed by atoms with Crippen molar-refractivity contribution >= 4 is 41.2 Å². The maximum atomic E-state index is 12.3. The Morgan fingerprint density at radius 3 is 2.58 bits per heavy atom. The highest BCUT2D eigenvalue weighted by Crippen LogP contribution is 2.44. The quantitative estimate of drug-likeness (QED) is 0.584. The minimum atomic E-state index is 0.121. The fourth-order valence-corrected chi connectivity index (χ4v) is 5.11. The number of thioether (sulfide) groups is 1. The molecule has 1 amide bonds. The van der Waals surface area contributed by atoms with Gasteiger partial charge in [-0.2, -0.15) is 0 Å². The van der Waals surface area contributed by atoms with Crippen LogP contribution in [0.25, 0.3) is 5.69 Å². The van der Waals surface area contributed by atoms with Gasteiger partial charge in [0.2, 0.25) is 5.91 Å². The maximum absolute atomic E-state index is 12.3. The SMILES string of the molecule is O=C(CSc1nn(-c2ccccc2)c(=S)s1)NC(C1CC1)C1CC1. The molecule has 24 heavy (non-hydrogen) atoms. The predicted octanol–water partition coefficient (Wildman–Crippen LogP) is 4.06. The molecular weight excluding hydrogens is 358 g/mol. The molecule has 7 heteroatoms. The fraction of sp³-hybridized carbons (Fsp3) is 0.471. The molecular formula is C17H19N3OS3. The van der Waals surface area contributed by atoms with Crippen molar-refractivity contribution in [3.8, 4) is 5.69 Å².